The Morgan fingerprint density at radius 2 is 1.41 bits per heavy atom. The number of hydrogen-bond donors (Lipinski definition) is 2. The molecule has 0 unspecified atom stereocenters. The molecule has 17 heavy (non-hydrogen) atoms. The number of nitriles is 1. The minimum atomic E-state index is -0.306. The Balaban J connectivity index is 0. The van der Waals surface area contributed by atoms with E-state index in [2.05, 4.69) is 37.8 Å². The molecule has 4 heteroatoms. The highest BCUT2D eigenvalue weighted by Crippen LogP contribution is 2.09. The van der Waals surface area contributed by atoms with Crippen molar-refractivity contribution in [2.75, 3.05) is 0 Å². The van der Waals surface area contributed by atoms with Crippen molar-refractivity contribution in [3.8, 4) is 6.07 Å². The Labute approximate surface area is 117 Å². The molecule has 0 aliphatic heterocycles. The molecule has 0 aliphatic rings. The summed E-state index contributed by atoms with van der Waals surface area (Å²) in [5.41, 5.74) is 0. The third kappa shape index (κ3) is 31.3. The molecule has 0 fully saturated rings. The van der Waals surface area contributed by atoms with Gasteiger partial charge >= 0.3 is 0 Å². The quantitative estimate of drug-likeness (QED) is 0.346. The van der Waals surface area contributed by atoms with Crippen LogP contribution >= 0.6 is 24.8 Å². The first-order chi connectivity index (χ1) is 8.15. The monoisotopic (exact) mass is 275 g/mol. The van der Waals surface area contributed by atoms with Crippen LogP contribution in [0.1, 0.15) is 71.1 Å². The lowest BCUT2D eigenvalue weighted by molar-refractivity contribution is 0.567. The van der Waals surface area contributed by atoms with Gasteiger partial charge in [0.1, 0.15) is 0 Å². The SMILES string of the molecule is CCCCCCCCCCCC#N.OC(=S)S. The summed E-state index contributed by atoms with van der Waals surface area (Å²) in [6, 6.07) is 2.19. The number of rotatable bonds is 9. The number of hydrogen-bond acceptors (Lipinski definition) is 2. The van der Waals surface area contributed by atoms with Crippen LogP contribution in [0.4, 0.5) is 0 Å². The van der Waals surface area contributed by atoms with Gasteiger partial charge in [0.15, 0.2) is 0 Å². The molecule has 100 valence electrons. The van der Waals surface area contributed by atoms with Crippen LogP contribution in [0.15, 0.2) is 0 Å². The van der Waals surface area contributed by atoms with E-state index < -0.39 is 0 Å². The van der Waals surface area contributed by atoms with Gasteiger partial charge in [-0.05, 0) is 18.6 Å². The van der Waals surface area contributed by atoms with Crippen LogP contribution in [0.3, 0.4) is 0 Å². The Bertz CT molecular complexity index is 198. The smallest absolute Gasteiger partial charge is 0.214 e. The van der Waals surface area contributed by atoms with Crippen LogP contribution in [0.5, 0.6) is 0 Å². The predicted octanol–water partition coefficient (Wildman–Crippen LogP) is 5.19. The fourth-order valence-electron chi connectivity index (χ4n) is 1.51. The van der Waals surface area contributed by atoms with Gasteiger partial charge in [0, 0.05) is 6.42 Å². The molecule has 0 bridgehead atoms. The number of thiocarbonyl (C=S) groups is 1. The molecule has 0 radical (unpaired) electrons. The first-order valence-corrected chi connectivity index (χ1v) is 7.29. The first kappa shape index (κ1) is 19.1. The second kappa shape index (κ2) is 18.1. The zero-order valence-corrected chi connectivity index (χ0v) is 12.5. The van der Waals surface area contributed by atoms with Crippen molar-refractivity contribution in [3.63, 3.8) is 0 Å². The zero-order chi connectivity index (χ0) is 13.4. The maximum Gasteiger partial charge on any atom is 0.214 e. The van der Waals surface area contributed by atoms with Crippen molar-refractivity contribution >= 4 is 29.2 Å². The van der Waals surface area contributed by atoms with Gasteiger partial charge in [0.25, 0.3) is 0 Å². The van der Waals surface area contributed by atoms with Crippen LogP contribution in [-0.4, -0.2) is 9.49 Å². The van der Waals surface area contributed by atoms with Crippen LogP contribution < -0.4 is 0 Å². The molecular weight excluding hydrogens is 250 g/mol. The van der Waals surface area contributed by atoms with Gasteiger partial charge in [-0.2, -0.15) is 5.26 Å². The number of aliphatic hydroxyl groups excluding tert-OH is 1. The Morgan fingerprint density at radius 1 is 1.06 bits per heavy atom. The first-order valence-electron chi connectivity index (χ1n) is 6.44. The van der Waals surface area contributed by atoms with E-state index in [0.29, 0.717) is 0 Å². The highest BCUT2D eigenvalue weighted by molar-refractivity contribution is 8.10. The van der Waals surface area contributed by atoms with E-state index in [9.17, 15) is 0 Å². The average Bonchev–Trinajstić information content (AvgIpc) is 2.26. The Hall–Kier alpha value is -0.270. The predicted molar refractivity (Wildman–Crippen MR) is 81.7 cm³/mol. The second-order valence-electron chi connectivity index (χ2n) is 4.02. The van der Waals surface area contributed by atoms with Gasteiger partial charge in [-0.25, -0.2) is 0 Å². The maximum absolute atomic E-state index is 8.32. The van der Waals surface area contributed by atoms with Crippen molar-refractivity contribution in [2.24, 2.45) is 0 Å². The molecule has 0 aromatic carbocycles. The van der Waals surface area contributed by atoms with Crippen molar-refractivity contribution in [3.05, 3.63) is 0 Å². The van der Waals surface area contributed by atoms with Crippen LogP contribution in [0, 0.1) is 11.3 Å². The summed E-state index contributed by atoms with van der Waals surface area (Å²) in [5, 5.41) is 16.0. The normalized spacial score (nSPS) is 9.00. The van der Waals surface area contributed by atoms with Crippen molar-refractivity contribution < 1.29 is 5.11 Å². The number of thiol groups is 1. The van der Waals surface area contributed by atoms with E-state index in [1.54, 1.807) is 0 Å². The van der Waals surface area contributed by atoms with E-state index in [0.717, 1.165) is 12.8 Å². The van der Waals surface area contributed by atoms with Crippen LogP contribution in [0.25, 0.3) is 0 Å². The summed E-state index contributed by atoms with van der Waals surface area (Å²) >= 11 is 7.21. The summed E-state index contributed by atoms with van der Waals surface area (Å²) in [7, 11) is 0. The van der Waals surface area contributed by atoms with E-state index in [-0.39, 0.29) is 4.38 Å². The summed E-state index contributed by atoms with van der Waals surface area (Å²) in [5.74, 6) is 0. The lowest BCUT2D eigenvalue weighted by Crippen LogP contribution is -1.80. The van der Waals surface area contributed by atoms with E-state index >= 15 is 0 Å². The summed E-state index contributed by atoms with van der Waals surface area (Å²) < 4.78 is -0.306. The molecule has 0 aromatic heterocycles. The Kier molecular flexibility index (Phi) is 20.3. The number of aliphatic hydroxyl groups is 1. The molecule has 1 N–H and O–H groups in total. The third-order valence-corrected chi connectivity index (χ3v) is 2.39. The highest BCUT2D eigenvalue weighted by Gasteiger charge is 1.91. The van der Waals surface area contributed by atoms with Gasteiger partial charge in [0.2, 0.25) is 4.38 Å². The van der Waals surface area contributed by atoms with Crippen LogP contribution in [0.2, 0.25) is 0 Å². The second-order valence-corrected chi connectivity index (χ2v) is 5.13. The fraction of sp³-hybridized carbons (Fsp3) is 0.846. The number of nitrogens with zero attached hydrogens (tertiary/aromatic N) is 1. The Morgan fingerprint density at radius 3 is 1.76 bits per heavy atom. The molecule has 0 heterocycles. The van der Waals surface area contributed by atoms with E-state index in [1.165, 1.54) is 51.4 Å². The number of unbranched alkanes of at least 4 members (excludes halogenated alkanes) is 9. The van der Waals surface area contributed by atoms with Gasteiger partial charge in [-0.15, -0.1) is 0 Å². The summed E-state index contributed by atoms with van der Waals surface area (Å²) in [6.07, 6.45) is 12.7. The molecule has 0 aromatic rings. The summed E-state index contributed by atoms with van der Waals surface area (Å²) in [4.78, 5) is 0. The fourth-order valence-corrected chi connectivity index (χ4v) is 1.51. The molecule has 0 aliphatic carbocycles. The molecule has 0 rings (SSSR count). The zero-order valence-electron chi connectivity index (χ0n) is 10.8. The van der Waals surface area contributed by atoms with Gasteiger partial charge in [-0.1, -0.05) is 70.9 Å². The molecular formula is C13H25NOS2. The van der Waals surface area contributed by atoms with Crippen molar-refractivity contribution in [1.29, 1.82) is 5.26 Å². The molecule has 0 amide bonds. The van der Waals surface area contributed by atoms with Crippen molar-refractivity contribution in [2.45, 2.75) is 71.1 Å². The lowest BCUT2D eigenvalue weighted by Gasteiger charge is -1.99. The van der Waals surface area contributed by atoms with E-state index in [1.807, 2.05) is 0 Å². The molecule has 0 spiro atoms. The van der Waals surface area contributed by atoms with E-state index in [4.69, 9.17) is 10.4 Å². The van der Waals surface area contributed by atoms with Crippen molar-refractivity contribution in [1.82, 2.24) is 0 Å². The average molecular weight is 275 g/mol. The van der Waals surface area contributed by atoms with Crippen LogP contribution in [-0.2, 0) is 0 Å². The minimum absolute atomic E-state index is 0.306. The molecule has 0 saturated carbocycles. The van der Waals surface area contributed by atoms with Gasteiger partial charge < -0.3 is 5.11 Å². The van der Waals surface area contributed by atoms with Gasteiger partial charge in [-0.3, -0.25) is 0 Å². The summed E-state index contributed by atoms with van der Waals surface area (Å²) in [6.45, 7) is 2.25. The molecule has 0 saturated heterocycles. The molecule has 0 atom stereocenters. The lowest BCUT2D eigenvalue weighted by atomic mass is 10.1. The topological polar surface area (TPSA) is 44.0 Å². The molecule has 2 nitrogen and oxygen atoms in total. The highest BCUT2D eigenvalue weighted by atomic mass is 32.1. The van der Waals surface area contributed by atoms with Gasteiger partial charge in [0.05, 0.1) is 6.07 Å². The third-order valence-electron chi connectivity index (χ3n) is 2.39. The minimum Gasteiger partial charge on any atom is -0.494 e. The standard InChI is InChI=1S/C12H23N.CH2OS2/c1-2-3-4-5-6-7-8-9-10-11-12-13;2-1(3)4/h2-11H2,1H3;(H2,2,3,4). The largest absolute Gasteiger partial charge is 0.494 e. The maximum atomic E-state index is 8.32.